The number of hydrogen-bond acceptors (Lipinski definition) is 6. The number of rotatable bonds is 5. The van der Waals surface area contributed by atoms with Gasteiger partial charge in [-0.1, -0.05) is 6.07 Å². The van der Waals surface area contributed by atoms with Gasteiger partial charge in [0.25, 0.3) is 0 Å². The minimum atomic E-state index is -5.08. The van der Waals surface area contributed by atoms with E-state index < -0.39 is 12.1 Å². The number of carboxylic acid groups (broad SMARTS) is 1. The summed E-state index contributed by atoms with van der Waals surface area (Å²) in [5, 5.41) is 10.2. The smallest absolute Gasteiger partial charge is 0.477 e. The number of aliphatic carboxylic acids is 1. The van der Waals surface area contributed by atoms with E-state index in [0.717, 1.165) is 37.6 Å². The summed E-state index contributed by atoms with van der Waals surface area (Å²) >= 11 is 0. The van der Waals surface area contributed by atoms with E-state index in [0.29, 0.717) is 19.0 Å². The van der Waals surface area contributed by atoms with Crippen molar-refractivity contribution < 1.29 is 37.0 Å². The fourth-order valence-corrected chi connectivity index (χ4v) is 3.97. The zero-order valence-corrected chi connectivity index (χ0v) is 17.4. The SMILES string of the molecule is Cc1ccc(CN2CC[C@]3(C2)C(=O)NC[C@@H]3COc2ccccn2)o1.O=C(O)C(F)(F)F. The number of halogens is 3. The minimum Gasteiger partial charge on any atom is -0.477 e. The van der Waals surface area contributed by atoms with Gasteiger partial charge in [0.05, 0.1) is 18.6 Å². The summed E-state index contributed by atoms with van der Waals surface area (Å²) in [5.41, 5.74) is -0.365. The van der Waals surface area contributed by atoms with Gasteiger partial charge >= 0.3 is 12.1 Å². The van der Waals surface area contributed by atoms with Crippen molar-refractivity contribution in [2.24, 2.45) is 11.3 Å². The summed E-state index contributed by atoms with van der Waals surface area (Å²) in [7, 11) is 0. The lowest BCUT2D eigenvalue weighted by molar-refractivity contribution is -0.192. The van der Waals surface area contributed by atoms with Crippen molar-refractivity contribution in [1.29, 1.82) is 0 Å². The number of nitrogens with one attached hydrogen (secondary N) is 1. The van der Waals surface area contributed by atoms with Crippen LogP contribution in [0.3, 0.4) is 0 Å². The number of aromatic nitrogens is 1. The van der Waals surface area contributed by atoms with Crippen molar-refractivity contribution in [3.8, 4) is 5.88 Å². The molecule has 4 heterocycles. The highest BCUT2D eigenvalue weighted by atomic mass is 19.4. The predicted molar refractivity (Wildman–Crippen MR) is 106 cm³/mol. The molecule has 1 amide bonds. The fraction of sp³-hybridized carbons (Fsp3) is 0.476. The van der Waals surface area contributed by atoms with Gasteiger partial charge in [0.1, 0.15) is 11.5 Å². The van der Waals surface area contributed by atoms with Gasteiger partial charge in [-0.3, -0.25) is 9.69 Å². The summed E-state index contributed by atoms with van der Waals surface area (Å²) in [4.78, 5) is 28.0. The highest BCUT2D eigenvalue weighted by Crippen LogP contribution is 2.42. The molecule has 2 N–H and O–H groups in total. The molecular weight excluding hydrogens is 431 g/mol. The second-order valence-electron chi connectivity index (χ2n) is 7.82. The second kappa shape index (κ2) is 9.60. The van der Waals surface area contributed by atoms with Crippen LogP contribution in [0, 0.1) is 18.3 Å². The van der Waals surface area contributed by atoms with Gasteiger partial charge in [-0.05, 0) is 38.1 Å². The molecule has 2 fully saturated rings. The van der Waals surface area contributed by atoms with Crippen LogP contribution in [0.5, 0.6) is 5.88 Å². The highest BCUT2D eigenvalue weighted by Gasteiger charge is 2.54. The number of ether oxygens (including phenoxy) is 1. The van der Waals surface area contributed by atoms with Gasteiger partial charge in [0.2, 0.25) is 11.8 Å². The lowest BCUT2D eigenvalue weighted by Crippen LogP contribution is -2.40. The van der Waals surface area contributed by atoms with Gasteiger partial charge in [0, 0.05) is 31.3 Å². The van der Waals surface area contributed by atoms with Crippen LogP contribution in [0.25, 0.3) is 0 Å². The number of amides is 1. The Hall–Kier alpha value is -3.08. The van der Waals surface area contributed by atoms with Crippen molar-refractivity contribution >= 4 is 11.9 Å². The van der Waals surface area contributed by atoms with Crippen LogP contribution < -0.4 is 10.1 Å². The first-order valence-corrected chi connectivity index (χ1v) is 10.00. The molecule has 2 aliphatic rings. The number of carbonyl (C=O) groups is 2. The molecule has 8 nitrogen and oxygen atoms in total. The number of furan rings is 1. The van der Waals surface area contributed by atoms with Crippen molar-refractivity contribution in [1.82, 2.24) is 15.2 Å². The third-order valence-electron chi connectivity index (χ3n) is 5.61. The number of carbonyl (C=O) groups excluding carboxylic acids is 1. The summed E-state index contributed by atoms with van der Waals surface area (Å²) in [5.74, 6) is 0.0365. The molecule has 0 aromatic carbocycles. The molecule has 2 aliphatic heterocycles. The van der Waals surface area contributed by atoms with E-state index in [9.17, 15) is 18.0 Å². The van der Waals surface area contributed by atoms with E-state index in [-0.39, 0.29) is 17.2 Å². The molecule has 11 heteroatoms. The number of carboxylic acids is 1. The summed E-state index contributed by atoms with van der Waals surface area (Å²) in [6, 6.07) is 9.60. The number of pyridine rings is 1. The second-order valence-corrected chi connectivity index (χ2v) is 7.82. The highest BCUT2D eigenvalue weighted by molar-refractivity contribution is 5.86. The van der Waals surface area contributed by atoms with Gasteiger partial charge in [-0.2, -0.15) is 13.2 Å². The lowest BCUT2D eigenvalue weighted by atomic mass is 9.77. The third-order valence-corrected chi connectivity index (χ3v) is 5.61. The van der Waals surface area contributed by atoms with Crippen molar-refractivity contribution in [2.45, 2.75) is 26.1 Å². The third kappa shape index (κ3) is 5.58. The average molecular weight is 455 g/mol. The monoisotopic (exact) mass is 455 g/mol. The van der Waals surface area contributed by atoms with Gasteiger partial charge in [-0.25, -0.2) is 9.78 Å². The molecule has 0 unspecified atom stereocenters. The van der Waals surface area contributed by atoms with Crippen LogP contribution in [-0.2, 0) is 16.1 Å². The molecule has 0 aliphatic carbocycles. The number of aryl methyl sites for hydroxylation is 1. The van der Waals surface area contributed by atoms with Crippen LogP contribution >= 0.6 is 0 Å². The Morgan fingerprint density at radius 1 is 1.38 bits per heavy atom. The number of alkyl halides is 3. The number of nitrogens with zero attached hydrogens (tertiary/aromatic N) is 2. The molecule has 32 heavy (non-hydrogen) atoms. The maximum Gasteiger partial charge on any atom is 0.490 e. The quantitative estimate of drug-likeness (QED) is 0.714. The molecule has 174 valence electrons. The normalized spacial score (nSPS) is 23.0. The Kier molecular flexibility index (Phi) is 7.07. The first-order chi connectivity index (χ1) is 15.1. The molecular formula is C21H24F3N3O5. The Morgan fingerprint density at radius 3 is 2.72 bits per heavy atom. The van der Waals surface area contributed by atoms with Gasteiger partial charge < -0.3 is 19.6 Å². The van der Waals surface area contributed by atoms with E-state index in [2.05, 4.69) is 15.2 Å². The zero-order chi connectivity index (χ0) is 23.4. The van der Waals surface area contributed by atoms with Crippen LogP contribution in [0.1, 0.15) is 17.9 Å². The Balaban J connectivity index is 0.000000360. The molecule has 4 rings (SSSR count). The van der Waals surface area contributed by atoms with E-state index >= 15 is 0 Å². The Labute approximate surface area is 182 Å². The van der Waals surface area contributed by atoms with E-state index in [4.69, 9.17) is 19.1 Å². The van der Waals surface area contributed by atoms with Crippen molar-refractivity contribution in [3.63, 3.8) is 0 Å². The standard InChI is InChI=1S/C19H23N3O3.C2HF3O2/c1-14-5-6-16(25-14)11-22-9-7-19(13-22)15(10-21-18(19)23)12-24-17-4-2-3-8-20-17;3-2(4,5)1(6)7/h2-6,8,15H,7,9-13H2,1H3,(H,21,23);(H,6,7)/t15-,19-;/m1./s1. The zero-order valence-electron chi connectivity index (χ0n) is 17.4. The molecule has 2 saturated heterocycles. The molecule has 1 spiro atoms. The summed E-state index contributed by atoms with van der Waals surface area (Å²) in [6.07, 6.45) is -2.51. The topological polar surface area (TPSA) is 105 Å². The fourth-order valence-electron chi connectivity index (χ4n) is 3.97. The van der Waals surface area contributed by atoms with Crippen molar-refractivity contribution in [3.05, 3.63) is 48.0 Å². The van der Waals surface area contributed by atoms with E-state index in [1.807, 2.05) is 37.3 Å². The van der Waals surface area contributed by atoms with Crippen LogP contribution in [0.15, 0.2) is 40.9 Å². The van der Waals surface area contributed by atoms with E-state index in [1.165, 1.54) is 0 Å². The summed E-state index contributed by atoms with van der Waals surface area (Å²) < 4.78 is 43.3. The Morgan fingerprint density at radius 2 is 2.12 bits per heavy atom. The van der Waals surface area contributed by atoms with Gasteiger partial charge in [0.15, 0.2) is 0 Å². The first-order valence-electron chi connectivity index (χ1n) is 10.00. The molecule has 2 atom stereocenters. The van der Waals surface area contributed by atoms with Crippen LogP contribution in [-0.4, -0.2) is 59.3 Å². The lowest BCUT2D eigenvalue weighted by Gasteiger charge is -2.28. The molecule has 2 aromatic heterocycles. The largest absolute Gasteiger partial charge is 0.490 e. The average Bonchev–Trinajstić information content (AvgIpc) is 3.43. The summed E-state index contributed by atoms with van der Waals surface area (Å²) in [6.45, 7) is 5.51. The molecule has 0 radical (unpaired) electrons. The molecule has 2 aromatic rings. The van der Waals surface area contributed by atoms with Crippen LogP contribution in [0.2, 0.25) is 0 Å². The first kappa shape index (κ1) is 23.6. The maximum atomic E-state index is 12.6. The van der Waals surface area contributed by atoms with Crippen LogP contribution in [0.4, 0.5) is 13.2 Å². The maximum absolute atomic E-state index is 12.6. The van der Waals surface area contributed by atoms with E-state index in [1.54, 1.807) is 6.20 Å². The van der Waals surface area contributed by atoms with Crippen molar-refractivity contribution in [2.75, 3.05) is 26.2 Å². The molecule has 0 saturated carbocycles. The minimum absolute atomic E-state index is 0.153. The Bertz CT molecular complexity index is 934. The number of hydrogen-bond donors (Lipinski definition) is 2. The molecule has 0 bridgehead atoms. The number of likely N-dealkylation sites (tertiary alicyclic amines) is 1. The van der Waals surface area contributed by atoms with Gasteiger partial charge in [-0.15, -0.1) is 0 Å². The predicted octanol–water partition coefficient (Wildman–Crippen LogP) is 2.63.